The Hall–Kier alpha value is -0.810. The van der Waals surface area contributed by atoms with Crippen molar-refractivity contribution in [3.05, 3.63) is 44.6 Å². The summed E-state index contributed by atoms with van der Waals surface area (Å²) in [4.78, 5) is 19.5. The van der Waals surface area contributed by atoms with Crippen molar-refractivity contribution in [3.63, 3.8) is 0 Å². The summed E-state index contributed by atoms with van der Waals surface area (Å²) < 4.78 is 1.21. The standard InChI is InChI=1S/C9H3Cl4N3O/c10-5-4(7(12)15-8(13)6(5)11)9(17)16-2-1-14-3-16/h1-3H. The Morgan fingerprint density at radius 2 is 1.82 bits per heavy atom. The maximum Gasteiger partial charge on any atom is 0.267 e. The lowest BCUT2D eigenvalue weighted by Crippen LogP contribution is -2.12. The number of carbonyl (C=O) groups is 1. The third-order valence-corrected chi connectivity index (χ3v) is 3.44. The van der Waals surface area contributed by atoms with Gasteiger partial charge in [0, 0.05) is 12.4 Å². The monoisotopic (exact) mass is 309 g/mol. The first-order valence-corrected chi connectivity index (χ1v) is 5.76. The molecule has 0 saturated heterocycles. The van der Waals surface area contributed by atoms with Gasteiger partial charge in [0.25, 0.3) is 5.91 Å². The van der Waals surface area contributed by atoms with Crippen molar-refractivity contribution >= 4 is 52.3 Å². The number of nitrogens with zero attached hydrogens (tertiary/aromatic N) is 3. The molecule has 2 aromatic rings. The van der Waals surface area contributed by atoms with Crippen molar-refractivity contribution in [2.24, 2.45) is 0 Å². The first-order chi connectivity index (χ1) is 8.02. The van der Waals surface area contributed by atoms with E-state index in [2.05, 4.69) is 9.97 Å². The van der Waals surface area contributed by atoms with Gasteiger partial charge >= 0.3 is 0 Å². The number of imidazole rings is 1. The minimum absolute atomic E-state index is 0.0128. The number of halogens is 4. The van der Waals surface area contributed by atoms with E-state index in [1.54, 1.807) is 0 Å². The van der Waals surface area contributed by atoms with Crippen molar-refractivity contribution in [1.82, 2.24) is 14.5 Å². The molecule has 0 radical (unpaired) electrons. The van der Waals surface area contributed by atoms with Gasteiger partial charge in [-0.25, -0.2) is 9.97 Å². The average molecular weight is 311 g/mol. The summed E-state index contributed by atoms with van der Waals surface area (Å²) in [7, 11) is 0. The maximum atomic E-state index is 12.0. The van der Waals surface area contributed by atoms with Gasteiger partial charge in [-0.2, -0.15) is 0 Å². The molecule has 0 N–H and O–H groups in total. The lowest BCUT2D eigenvalue weighted by atomic mass is 10.2. The second kappa shape index (κ2) is 4.82. The van der Waals surface area contributed by atoms with E-state index in [9.17, 15) is 4.79 Å². The van der Waals surface area contributed by atoms with Crippen LogP contribution in [0.3, 0.4) is 0 Å². The average Bonchev–Trinajstić information content (AvgIpc) is 2.79. The van der Waals surface area contributed by atoms with E-state index in [-0.39, 0.29) is 25.9 Å². The Morgan fingerprint density at radius 3 is 2.41 bits per heavy atom. The molecule has 0 fully saturated rings. The number of hydrogen-bond acceptors (Lipinski definition) is 3. The number of pyridine rings is 1. The predicted octanol–water partition coefficient (Wildman–Crippen LogP) is 3.58. The molecule has 0 aromatic carbocycles. The second-order valence-electron chi connectivity index (χ2n) is 2.97. The molecule has 0 saturated carbocycles. The van der Waals surface area contributed by atoms with Crippen LogP contribution in [0.1, 0.15) is 10.4 Å². The smallest absolute Gasteiger partial charge is 0.267 e. The Kier molecular flexibility index (Phi) is 3.58. The lowest BCUT2D eigenvalue weighted by molar-refractivity contribution is 0.0959. The molecule has 0 amide bonds. The summed E-state index contributed by atoms with van der Waals surface area (Å²) in [6, 6.07) is 0. The highest BCUT2D eigenvalue weighted by Crippen LogP contribution is 2.35. The molecular formula is C9H3Cl4N3O. The van der Waals surface area contributed by atoms with Crippen molar-refractivity contribution in [1.29, 1.82) is 0 Å². The van der Waals surface area contributed by atoms with Gasteiger partial charge in [0.1, 0.15) is 11.5 Å². The quantitative estimate of drug-likeness (QED) is 0.756. The Morgan fingerprint density at radius 1 is 1.12 bits per heavy atom. The van der Waals surface area contributed by atoms with Crippen LogP contribution in [0.15, 0.2) is 18.7 Å². The van der Waals surface area contributed by atoms with Gasteiger partial charge in [0.15, 0.2) is 5.15 Å². The first kappa shape index (κ1) is 12.6. The van der Waals surface area contributed by atoms with Gasteiger partial charge < -0.3 is 0 Å². The van der Waals surface area contributed by atoms with Crippen LogP contribution in [0.25, 0.3) is 0 Å². The summed E-state index contributed by atoms with van der Waals surface area (Å²) in [6.07, 6.45) is 4.22. The molecule has 8 heteroatoms. The van der Waals surface area contributed by atoms with E-state index in [0.29, 0.717) is 0 Å². The molecule has 17 heavy (non-hydrogen) atoms. The van der Waals surface area contributed by atoms with Crippen LogP contribution in [0.4, 0.5) is 0 Å². The Labute approximate surface area is 116 Å². The molecule has 88 valence electrons. The molecule has 0 aliphatic heterocycles. The summed E-state index contributed by atoms with van der Waals surface area (Å²) in [6.45, 7) is 0. The van der Waals surface area contributed by atoms with Crippen LogP contribution < -0.4 is 0 Å². The van der Waals surface area contributed by atoms with Gasteiger partial charge in [-0.15, -0.1) is 0 Å². The third-order valence-electron chi connectivity index (χ3n) is 1.95. The highest BCUT2D eigenvalue weighted by atomic mass is 35.5. The van der Waals surface area contributed by atoms with Gasteiger partial charge in [0.2, 0.25) is 0 Å². The fraction of sp³-hybridized carbons (Fsp3) is 0. The molecule has 4 nitrogen and oxygen atoms in total. The van der Waals surface area contributed by atoms with E-state index < -0.39 is 5.91 Å². The van der Waals surface area contributed by atoms with Crippen LogP contribution in [0.5, 0.6) is 0 Å². The van der Waals surface area contributed by atoms with Gasteiger partial charge in [-0.3, -0.25) is 9.36 Å². The van der Waals surface area contributed by atoms with E-state index in [0.717, 1.165) is 0 Å². The van der Waals surface area contributed by atoms with Crippen molar-refractivity contribution in [2.75, 3.05) is 0 Å². The maximum absolute atomic E-state index is 12.0. The normalized spacial score (nSPS) is 10.6. The highest BCUT2D eigenvalue weighted by Gasteiger charge is 2.22. The molecule has 2 heterocycles. The molecule has 0 unspecified atom stereocenters. The second-order valence-corrected chi connectivity index (χ2v) is 4.44. The molecule has 0 atom stereocenters. The van der Waals surface area contributed by atoms with Crippen LogP contribution in [0.2, 0.25) is 20.4 Å². The number of carbonyl (C=O) groups excluding carboxylic acids is 1. The molecular weight excluding hydrogens is 308 g/mol. The molecule has 2 rings (SSSR count). The molecule has 2 aromatic heterocycles. The van der Waals surface area contributed by atoms with E-state index in [4.69, 9.17) is 46.4 Å². The highest BCUT2D eigenvalue weighted by molar-refractivity contribution is 6.50. The van der Waals surface area contributed by atoms with Gasteiger partial charge in [0.05, 0.1) is 15.6 Å². The number of hydrogen-bond donors (Lipinski definition) is 0. The summed E-state index contributed by atoms with van der Waals surface area (Å²) in [5, 5.41) is -0.205. The zero-order valence-corrected chi connectivity index (χ0v) is 11.0. The largest absolute Gasteiger partial charge is 0.272 e. The first-order valence-electron chi connectivity index (χ1n) is 4.25. The number of rotatable bonds is 1. The Balaban J connectivity index is 2.61. The van der Waals surface area contributed by atoms with Crippen LogP contribution in [0, 0.1) is 0 Å². The minimum atomic E-state index is -0.483. The minimum Gasteiger partial charge on any atom is -0.272 e. The topological polar surface area (TPSA) is 47.8 Å². The van der Waals surface area contributed by atoms with Crippen LogP contribution >= 0.6 is 46.4 Å². The van der Waals surface area contributed by atoms with Crippen molar-refractivity contribution in [2.45, 2.75) is 0 Å². The summed E-state index contributed by atoms with van der Waals surface area (Å²) in [5.74, 6) is -0.483. The third kappa shape index (κ3) is 2.26. The SMILES string of the molecule is O=C(c1c(Cl)nc(Cl)c(Cl)c1Cl)n1ccnc1. The van der Waals surface area contributed by atoms with Crippen LogP contribution in [-0.4, -0.2) is 20.4 Å². The van der Waals surface area contributed by atoms with Gasteiger partial charge in [-0.05, 0) is 0 Å². The summed E-state index contributed by atoms with van der Waals surface area (Å²) in [5.41, 5.74) is -0.0132. The van der Waals surface area contributed by atoms with E-state index >= 15 is 0 Å². The molecule has 0 bridgehead atoms. The van der Waals surface area contributed by atoms with E-state index in [1.165, 1.54) is 23.3 Å². The van der Waals surface area contributed by atoms with E-state index in [1.807, 2.05) is 0 Å². The van der Waals surface area contributed by atoms with Crippen molar-refractivity contribution in [3.8, 4) is 0 Å². The fourth-order valence-electron chi connectivity index (χ4n) is 1.17. The fourth-order valence-corrected chi connectivity index (χ4v) is 2.15. The number of aromatic nitrogens is 3. The molecule has 0 aliphatic carbocycles. The van der Waals surface area contributed by atoms with Crippen molar-refractivity contribution < 1.29 is 4.79 Å². The van der Waals surface area contributed by atoms with Crippen LogP contribution in [-0.2, 0) is 0 Å². The predicted molar refractivity (Wildman–Crippen MR) is 66.2 cm³/mol. The Bertz CT molecular complexity index is 582. The lowest BCUT2D eigenvalue weighted by Gasteiger charge is -2.08. The zero-order valence-electron chi connectivity index (χ0n) is 7.99. The van der Waals surface area contributed by atoms with Gasteiger partial charge in [-0.1, -0.05) is 46.4 Å². The molecule has 0 spiro atoms. The zero-order chi connectivity index (χ0) is 12.6. The summed E-state index contributed by atoms with van der Waals surface area (Å²) >= 11 is 23.2. The molecule has 0 aliphatic rings.